The number of hydrogen-bond acceptors (Lipinski definition) is 6. The second-order valence-electron chi connectivity index (χ2n) is 9.13. The van der Waals surface area contributed by atoms with E-state index in [0.29, 0.717) is 18.4 Å². The zero-order valence-corrected chi connectivity index (χ0v) is 16.6. The SMILES string of the molecule is C[C@@H]1C[C@H](O)[C@@]2(O)[C@]13CC(=O)O[C@@H](C3)[C@@H](C)[C@@]2(C)COC(=O)c1ccccc1. The summed E-state index contributed by atoms with van der Waals surface area (Å²) < 4.78 is 11.3. The fourth-order valence-electron chi connectivity index (χ4n) is 6.15. The minimum atomic E-state index is -1.54. The standard InChI is InChI=1S/C22H28O6/c1-13-9-17(23)22(26)20(3,12-27-19(25)15-7-5-4-6-8-15)14(2)16-10-21(13,22)11-18(24)28-16/h4-8,13-14,16-17,23,26H,9-12H2,1-3H3/t13-,14-,16+,17+,20-,21-,22+/m1/s1. The fraction of sp³-hybridized carbons (Fsp3) is 0.636. The Morgan fingerprint density at radius 2 is 1.96 bits per heavy atom. The van der Waals surface area contributed by atoms with Crippen molar-refractivity contribution >= 4 is 11.9 Å². The maximum atomic E-state index is 12.5. The number of aliphatic hydroxyl groups is 2. The third kappa shape index (κ3) is 2.34. The van der Waals surface area contributed by atoms with Crippen LogP contribution in [0.3, 0.4) is 0 Å². The molecule has 1 spiro atoms. The van der Waals surface area contributed by atoms with Gasteiger partial charge in [0.05, 0.1) is 18.1 Å². The molecule has 1 aliphatic heterocycles. The van der Waals surface area contributed by atoms with Crippen LogP contribution >= 0.6 is 0 Å². The molecule has 28 heavy (non-hydrogen) atoms. The van der Waals surface area contributed by atoms with Gasteiger partial charge in [0.25, 0.3) is 0 Å². The Labute approximate surface area is 164 Å². The number of rotatable bonds is 3. The summed E-state index contributed by atoms with van der Waals surface area (Å²) in [5.74, 6) is -1.12. The van der Waals surface area contributed by atoms with E-state index < -0.39 is 28.5 Å². The van der Waals surface area contributed by atoms with E-state index in [1.165, 1.54) is 0 Å². The Bertz CT molecular complexity index is 793. The molecule has 2 bridgehead atoms. The summed E-state index contributed by atoms with van der Waals surface area (Å²) in [6.45, 7) is 5.66. The van der Waals surface area contributed by atoms with Gasteiger partial charge in [-0.3, -0.25) is 4.79 Å². The van der Waals surface area contributed by atoms with Gasteiger partial charge in [0.1, 0.15) is 18.3 Å². The van der Waals surface area contributed by atoms with E-state index in [2.05, 4.69) is 0 Å². The van der Waals surface area contributed by atoms with Gasteiger partial charge in [-0.25, -0.2) is 4.79 Å². The largest absolute Gasteiger partial charge is 0.462 e. The molecule has 1 saturated heterocycles. The highest BCUT2D eigenvalue weighted by Crippen LogP contribution is 2.69. The van der Waals surface area contributed by atoms with Gasteiger partial charge < -0.3 is 19.7 Å². The summed E-state index contributed by atoms with van der Waals surface area (Å²) in [5.41, 5.74) is -2.83. The Balaban J connectivity index is 1.70. The molecule has 7 atom stereocenters. The van der Waals surface area contributed by atoms with E-state index in [9.17, 15) is 19.8 Å². The molecule has 4 rings (SSSR count). The maximum absolute atomic E-state index is 12.5. The highest BCUT2D eigenvalue weighted by Gasteiger charge is 2.76. The summed E-state index contributed by atoms with van der Waals surface area (Å²) in [6.07, 6.45) is -0.345. The van der Waals surface area contributed by atoms with Crippen LogP contribution in [0, 0.1) is 22.7 Å². The first-order valence-corrected chi connectivity index (χ1v) is 9.98. The van der Waals surface area contributed by atoms with E-state index >= 15 is 0 Å². The first-order valence-electron chi connectivity index (χ1n) is 9.98. The fourth-order valence-corrected chi connectivity index (χ4v) is 6.15. The summed E-state index contributed by atoms with van der Waals surface area (Å²) in [7, 11) is 0. The summed E-state index contributed by atoms with van der Waals surface area (Å²) in [4.78, 5) is 24.8. The molecule has 0 unspecified atom stereocenters. The molecule has 0 radical (unpaired) electrons. The molecular formula is C22H28O6. The molecule has 6 nitrogen and oxygen atoms in total. The number of esters is 2. The molecule has 0 aromatic heterocycles. The lowest BCUT2D eigenvalue weighted by molar-refractivity contribution is -0.292. The van der Waals surface area contributed by atoms with Crippen molar-refractivity contribution in [3.63, 3.8) is 0 Å². The van der Waals surface area contributed by atoms with E-state index in [1.54, 1.807) is 24.3 Å². The van der Waals surface area contributed by atoms with Crippen molar-refractivity contribution in [2.75, 3.05) is 6.61 Å². The number of carbonyl (C=O) groups is 2. The lowest BCUT2D eigenvalue weighted by atomic mass is 9.46. The molecule has 2 saturated carbocycles. The zero-order chi connectivity index (χ0) is 20.3. The number of benzene rings is 1. The average molecular weight is 388 g/mol. The van der Waals surface area contributed by atoms with E-state index in [0.717, 1.165) is 0 Å². The monoisotopic (exact) mass is 388 g/mol. The van der Waals surface area contributed by atoms with Crippen molar-refractivity contribution in [3.8, 4) is 0 Å². The van der Waals surface area contributed by atoms with Gasteiger partial charge in [-0.2, -0.15) is 0 Å². The second kappa shape index (κ2) is 6.29. The van der Waals surface area contributed by atoms with Gasteiger partial charge in [-0.05, 0) is 30.9 Å². The molecule has 2 aliphatic carbocycles. The van der Waals surface area contributed by atoms with Crippen LogP contribution in [0.5, 0.6) is 0 Å². The van der Waals surface area contributed by atoms with Crippen LogP contribution in [0.1, 0.15) is 50.4 Å². The zero-order valence-electron chi connectivity index (χ0n) is 16.6. The first kappa shape index (κ1) is 19.4. The molecule has 0 amide bonds. The minimum Gasteiger partial charge on any atom is -0.462 e. The molecule has 2 N–H and O–H groups in total. The summed E-state index contributed by atoms with van der Waals surface area (Å²) in [5, 5.41) is 22.9. The van der Waals surface area contributed by atoms with Gasteiger partial charge in [0, 0.05) is 16.7 Å². The molecule has 1 aromatic carbocycles. The van der Waals surface area contributed by atoms with Crippen LogP contribution in [-0.2, 0) is 14.3 Å². The molecule has 1 heterocycles. The average Bonchev–Trinajstić information content (AvgIpc) is 2.86. The van der Waals surface area contributed by atoms with Crippen molar-refractivity contribution in [1.82, 2.24) is 0 Å². The van der Waals surface area contributed by atoms with Crippen LogP contribution in [0.15, 0.2) is 30.3 Å². The van der Waals surface area contributed by atoms with Crippen molar-refractivity contribution in [1.29, 1.82) is 0 Å². The van der Waals surface area contributed by atoms with Crippen LogP contribution in [-0.4, -0.2) is 46.6 Å². The van der Waals surface area contributed by atoms with Crippen molar-refractivity contribution in [3.05, 3.63) is 35.9 Å². The highest BCUT2D eigenvalue weighted by molar-refractivity contribution is 5.89. The van der Waals surface area contributed by atoms with Crippen LogP contribution in [0.25, 0.3) is 0 Å². The lowest BCUT2D eigenvalue weighted by Crippen LogP contribution is -2.73. The van der Waals surface area contributed by atoms with Crippen molar-refractivity contribution < 1.29 is 29.3 Å². The van der Waals surface area contributed by atoms with Gasteiger partial charge >= 0.3 is 11.9 Å². The van der Waals surface area contributed by atoms with Gasteiger partial charge in [-0.1, -0.05) is 39.0 Å². The summed E-state index contributed by atoms with van der Waals surface area (Å²) >= 11 is 0. The van der Waals surface area contributed by atoms with Crippen LogP contribution < -0.4 is 0 Å². The molecule has 1 aromatic rings. The van der Waals surface area contributed by atoms with E-state index in [1.807, 2.05) is 26.8 Å². The maximum Gasteiger partial charge on any atom is 0.338 e. The predicted molar refractivity (Wildman–Crippen MR) is 100 cm³/mol. The summed E-state index contributed by atoms with van der Waals surface area (Å²) in [6, 6.07) is 8.69. The number of fused-ring (bicyclic) bond motifs is 1. The van der Waals surface area contributed by atoms with Gasteiger partial charge in [-0.15, -0.1) is 0 Å². The molecular weight excluding hydrogens is 360 g/mol. The quantitative estimate of drug-likeness (QED) is 0.772. The number of hydrogen-bond donors (Lipinski definition) is 2. The Hall–Kier alpha value is -1.92. The van der Waals surface area contributed by atoms with Crippen molar-refractivity contribution in [2.45, 2.75) is 57.8 Å². The second-order valence-corrected chi connectivity index (χ2v) is 9.13. The van der Waals surface area contributed by atoms with Crippen LogP contribution in [0.4, 0.5) is 0 Å². The van der Waals surface area contributed by atoms with Crippen molar-refractivity contribution in [2.24, 2.45) is 22.7 Å². The number of ether oxygens (including phenoxy) is 2. The first-order chi connectivity index (χ1) is 13.2. The number of aliphatic hydroxyl groups excluding tert-OH is 1. The molecule has 3 fully saturated rings. The smallest absolute Gasteiger partial charge is 0.338 e. The Morgan fingerprint density at radius 1 is 1.29 bits per heavy atom. The Morgan fingerprint density at radius 3 is 2.64 bits per heavy atom. The lowest BCUT2D eigenvalue weighted by Gasteiger charge is -2.64. The number of carbonyl (C=O) groups excluding carboxylic acids is 2. The molecule has 6 heteroatoms. The third-order valence-electron chi connectivity index (χ3n) is 8.02. The van der Waals surface area contributed by atoms with E-state index in [4.69, 9.17) is 9.47 Å². The van der Waals surface area contributed by atoms with Gasteiger partial charge in [0.2, 0.25) is 0 Å². The predicted octanol–water partition coefficient (Wildman–Crippen LogP) is 2.32. The Kier molecular flexibility index (Phi) is 4.36. The van der Waals surface area contributed by atoms with E-state index in [-0.39, 0.29) is 36.9 Å². The third-order valence-corrected chi connectivity index (χ3v) is 8.02. The molecule has 3 aliphatic rings. The van der Waals surface area contributed by atoms with Crippen LogP contribution in [0.2, 0.25) is 0 Å². The topological polar surface area (TPSA) is 93.1 Å². The highest BCUT2D eigenvalue weighted by atomic mass is 16.6. The van der Waals surface area contributed by atoms with Gasteiger partial charge in [0.15, 0.2) is 0 Å². The minimum absolute atomic E-state index is 0.0421. The normalized spacial score (nSPS) is 44.5. The molecule has 152 valence electrons.